The Morgan fingerprint density at radius 2 is 2.07 bits per heavy atom. The highest BCUT2D eigenvalue weighted by molar-refractivity contribution is 9.09. The second-order valence-electron chi connectivity index (χ2n) is 3.18. The molecule has 0 aliphatic rings. The van der Waals surface area contributed by atoms with Gasteiger partial charge in [-0.2, -0.15) is 0 Å². The molecule has 3 heteroatoms. The summed E-state index contributed by atoms with van der Waals surface area (Å²) < 4.78 is 0. The molecule has 1 nitrogen and oxygen atoms in total. The first kappa shape index (κ1) is 9.94. The number of hydrogen-bond acceptors (Lipinski definition) is 1. The molecule has 1 unspecified atom stereocenters. The molecule has 0 N–H and O–H groups in total. The summed E-state index contributed by atoms with van der Waals surface area (Å²) in [6.07, 6.45) is 0. The zero-order valence-corrected chi connectivity index (χ0v) is 10.0. The molecular formula is C11H9BrClN. The predicted molar refractivity (Wildman–Crippen MR) is 64.1 cm³/mol. The summed E-state index contributed by atoms with van der Waals surface area (Å²) in [4.78, 5) is 4.56. The van der Waals surface area contributed by atoms with E-state index in [2.05, 4.69) is 27.0 Å². The number of pyridine rings is 1. The van der Waals surface area contributed by atoms with Crippen LogP contribution in [-0.4, -0.2) is 4.98 Å². The van der Waals surface area contributed by atoms with E-state index in [1.54, 1.807) is 0 Å². The number of alkyl halides is 1. The lowest BCUT2D eigenvalue weighted by Crippen LogP contribution is -1.90. The van der Waals surface area contributed by atoms with Gasteiger partial charge in [0, 0.05) is 15.8 Å². The number of rotatable bonds is 1. The van der Waals surface area contributed by atoms with E-state index >= 15 is 0 Å². The van der Waals surface area contributed by atoms with Gasteiger partial charge in [0.15, 0.2) is 0 Å². The van der Waals surface area contributed by atoms with E-state index in [1.165, 1.54) is 0 Å². The molecular weight excluding hydrogens is 261 g/mol. The molecule has 0 saturated carbocycles. The van der Waals surface area contributed by atoms with Gasteiger partial charge >= 0.3 is 0 Å². The van der Waals surface area contributed by atoms with E-state index in [-0.39, 0.29) is 4.83 Å². The molecule has 0 spiro atoms. The van der Waals surface area contributed by atoms with Crippen LogP contribution < -0.4 is 0 Å². The average molecular weight is 271 g/mol. The molecule has 1 aromatic heterocycles. The number of aromatic nitrogens is 1. The minimum Gasteiger partial charge on any atom is -0.236 e. The minimum absolute atomic E-state index is 0.229. The van der Waals surface area contributed by atoms with E-state index in [4.69, 9.17) is 11.6 Å². The summed E-state index contributed by atoms with van der Waals surface area (Å²) in [5.74, 6) is 0. The molecule has 2 rings (SSSR count). The number of nitrogens with zero attached hydrogens (tertiary/aromatic N) is 1. The third-order valence-electron chi connectivity index (χ3n) is 2.13. The van der Waals surface area contributed by atoms with Crippen LogP contribution in [0.4, 0.5) is 0 Å². The van der Waals surface area contributed by atoms with Gasteiger partial charge in [0.2, 0.25) is 0 Å². The van der Waals surface area contributed by atoms with Crippen LogP contribution in [0, 0.1) is 0 Å². The highest BCUT2D eigenvalue weighted by Gasteiger charge is 2.08. The van der Waals surface area contributed by atoms with Crippen molar-refractivity contribution in [3.05, 3.63) is 41.0 Å². The minimum atomic E-state index is 0.229. The third kappa shape index (κ3) is 1.77. The summed E-state index contributed by atoms with van der Waals surface area (Å²) in [6, 6.07) is 10.0. The molecule has 14 heavy (non-hydrogen) atoms. The number of fused-ring (bicyclic) bond motifs is 1. The monoisotopic (exact) mass is 269 g/mol. The highest BCUT2D eigenvalue weighted by atomic mass is 79.9. The van der Waals surface area contributed by atoms with E-state index in [1.807, 2.05) is 31.2 Å². The van der Waals surface area contributed by atoms with Gasteiger partial charge in [-0.05, 0) is 19.1 Å². The SMILES string of the molecule is CC(Br)c1cc2ccccc2nc1Cl. The van der Waals surface area contributed by atoms with Gasteiger partial charge in [0.05, 0.1) is 5.52 Å². The zero-order chi connectivity index (χ0) is 10.1. The van der Waals surface area contributed by atoms with Crippen LogP contribution in [0.25, 0.3) is 10.9 Å². The van der Waals surface area contributed by atoms with Crippen molar-refractivity contribution in [3.63, 3.8) is 0 Å². The normalized spacial score (nSPS) is 13.1. The summed E-state index contributed by atoms with van der Waals surface area (Å²) in [7, 11) is 0. The van der Waals surface area contributed by atoms with E-state index in [0.29, 0.717) is 5.15 Å². The predicted octanol–water partition coefficient (Wildman–Crippen LogP) is 4.34. The van der Waals surface area contributed by atoms with Gasteiger partial charge < -0.3 is 0 Å². The van der Waals surface area contributed by atoms with Gasteiger partial charge in [-0.1, -0.05) is 45.7 Å². The van der Waals surface area contributed by atoms with Crippen molar-refractivity contribution in [2.24, 2.45) is 0 Å². The lowest BCUT2D eigenvalue weighted by Gasteiger charge is -2.07. The Hall–Kier alpha value is -0.600. The maximum atomic E-state index is 6.06. The van der Waals surface area contributed by atoms with E-state index in [9.17, 15) is 0 Å². The Morgan fingerprint density at radius 3 is 2.79 bits per heavy atom. The highest BCUT2D eigenvalue weighted by Crippen LogP contribution is 2.30. The lowest BCUT2D eigenvalue weighted by atomic mass is 10.1. The molecule has 0 saturated heterocycles. The summed E-state index contributed by atoms with van der Waals surface area (Å²) in [5, 5.41) is 1.70. The molecule has 1 aromatic carbocycles. The number of hydrogen-bond donors (Lipinski definition) is 0. The maximum Gasteiger partial charge on any atom is 0.134 e. The van der Waals surface area contributed by atoms with Crippen molar-refractivity contribution in [2.75, 3.05) is 0 Å². The standard InChI is InChI=1S/C11H9BrClN/c1-7(12)9-6-8-4-2-3-5-10(8)14-11(9)13/h2-7H,1H3. The van der Waals surface area contributed by atoms with Crippen molar-refractivity contribution in [1.29, 1.82) is 0 Å². The largest absolute Gasteiger partial charge is 0.236 e. The Kier molecular flexibility index (Phi) is 2.75. The lowest BCUT2D eigenvalue weighted by molar-refractivity contribution is 1.11. The Morgan fingerprint density at radius 1 is 1.36 bits per heavy atom. The first-order valence-corrected chi connectivity index (χ1v) is 5.67. The summed E-state index contributed by atoms with van der Waals surface area (Å²) in [6.45, 7) is 2.04. The average Bonchev–Trinajstić information content (AvgIpc) is 2.16. The van der Waals surface area contributed by atoms with Crippen LogP contribution in [0.15, 0.2) is 30.3 Å². The van der Waals surface area contributed by atoms with Crippen LogP contribution in [0.2, 0.25) is 5.15 Å². The molecule has 0 radical (unpaired) electrons. The molecule has 0 aliphatic heterocycles. The molecule has 1 atom stereocenters. The van der Waals surface area contributed by atoms with Crippen LogP contribution in [0.1, 0.15) is 17.3 Å². The molecule has 72 valence electrons. The molecule has 2 aromatic rings. The Labute approximate surface area is 96.2 Å². The Bertz CT molecular complexity index is 468. The van der Waals surface area contributed by atoms with E-state index < -0.39 is 0 Å². The maximum absolute atomic E-state index is 6.06. The number of halogens is 2. The fourth-order valence-corrected chi connectivity index (χ4v) is 2.18. The van der Waals surface area contributed by atoms with Gasteiger partial charge in [0.1, 0.15) is 5.15 Å². The molecule has 1 heterocycles. The van der Waals surface area contributed by atoms with Crippen LogP contribution in [-0.2, 0) is 0 Å². The van der Waals surface area contributed by atoms with Crippen molar-refractivity contribution in [2.45, 2.75) is 11.8 Å². The zero-order valence-electron chi connectivity index (χ0n) is 7.67. The molecule has 0 aliphatic carbocycles. The number of benzene rings is 1. The third-order valence-corrected chi connectivity index (χ3v) is 2.93. The molecule has 0 fully saturated rings. The van der Waals surface area contributed by atoms with Gasteiger partial charge in [-0.25, -0.2) is 4.98 Å². The first-order valence-electron chi connectivity index (χ1n) is 4.38. The van der Waals surface area contributed by atoms with Crippen molar-refractivity contribution in [3.8, 4) is 0 Å². The van der Waals surface area contributed by atoms with Crippen LogP contribution >= 0.6 is 27.5 Å². The van der Waals surface area contributed by atoms with Crippen LogP contribution in [0.3, 0.4) is 0 Å². The molecule has 0 bridgehead atoms. The smallest absolute Gasteiger partial charge is 0.134 e. The molecule has 0 amide bonds. The van der Waals surface area contributed by atoms with Crippen molar-refractivity contribution in [1.82, 2.24) is 4.98 Å². The van der Waals surface area contributed by atoms with Gasteiger partial charge in [-0.3, -0.25) is 0 Å². The topological polar surface area (TPSA) is 12.9 Å². The fraction of sp³-hybridized carbons (Fsp3) is 0.182. The van der Waals surface area contributed by atoms with Crippen LogP contribution in [0.5, 0.6) is 0 Å². The quantitative estimate of drug-likeness (QED) is 0.555. The van der Waals surface area contributed by atoms with E-state index in [0.717, 1.165) is 16.5 Å². The second-order valence-corrected chi connectivity index (χ2v) is 4.91. The van der Waals surface area contributed by atoms with Gasteiger partial charge in [0.25, 0.3) is 0 Å². The fourth-order valence-electron chi connectivity index (χ4n) is 1.39. The van der Waals surface area contributed by atoms with Crippen molar-refractivity contribution < 1.29 is 0 Å². The summed E-state index contributed by atoms with van der Waals surface area (Å²) in [5.41, 5.74) is 1.97. The Balaban J connectivity index is 2.71. The van der Waals surface area contributed by atoms with Gasteiger partial charge in [-0.15, -0.1) is 0 Å². The second kappa shape index (κ2) is 3.87. The number of para-hydroxylation sites is 1. The first-order chi connectivity index (χ1) is 6.68. The van der Waals surface area contributed by atoms with Crippen molar-refractivity contribution >= 4 is 38.4 Å². The summed E-state index contributed by atoms with van der Waals surface area (Å²) >= 11 is 9.55.